The molecule has 1 aromatic heterocycles. The van der Waals surface area contributed by atoms with Crippen LogP contribution in [0.2, 0.25) is 0 Å². The van der Waals surface area contributed by atoms with Crippen LogP contribution in [0.1, 0.15) is 33.0 Å². The quantitative estimate of drug-likeness (QED) is 0.902. The molecule has 0 fully saturated rings. The van der Waals surface area contributed by atoms with Crippen LogP contribution in [-0.2, 0) is 12.1 Å². The number of hydrogen-bond donors (Lipinski definition) is 1. The van der Waals surface area contributed by atoms with Crippen LogP contribution in [0.5, 0.6) is 0 Å². The average molecular weight is 249 g/mol. The molecule has 0 spiro atoms. The van der Waals surface area contributed by atoms with E-state index < -0.39 is 0 Å². The second kappa shape index (κ2) is 4.69. The van der Waals surface area contributed by atoms with E-state index in [1.807, 2.05) is 13.1 Å². The highest BCUT2D eigenvalue weighted by Gasteiger charge is 2.26. The van der Waals surface area contributed by atoms with E-state index in [1.165, 1.54) is 6.07 Å². The summed E-state index contributed by atoms with van der Waals surface area (Å²) in [6.07, 6.45) is 0.995. The Morgan fingerprint density at radius 2 is 2.11 bits per heavy atom. The van der Waals surface area contributed by atoms with Gasteiger partial charge in [-0.05, 0) is 39.4 Å². The van der Waals surface area contributed by atoms with Crippen molar-refractivity contribution in [3.8, 4) is 0 Å². The predicted octanol–water partition coefficient (Wildman–Crippen LogP) is 3.04. The van der Waals surface area contributed by atoms with Crippen molar-refractivity contribution >= 4 is 11.0 Å². The Hall–Kier alpha value is -1.42. The number of imidazole rings is 1. The van der Waals surface area contributed by atoms with Crippen LogP contribution >= 0.6 is 0 Å². The lowest BCUT2D eigenvalue weighted by molar-refractivity contribution is 0.397. The summed E-state index contributed by atoms with van der Waals surface area (Å²) in [7, 11) is 1.89. The number of hydrogen-bond acceptors (Lipinski definition) is 2. The summed E-state index contributed by atoms with van der Waals surface area (Å²) in [6, 6.07) is 5.12. The molecule has 18 heavy (non-hydrogen) atoms. The van der Waals surface area contributed by atoms with Gasteiger partial charge in [0, 0.05) is 6.54 Å². The Morgan fingerprint density at radius 3 is 2.72 bits per heavy atom. The molecule has 4 heteroatoms. The summed E-state index contributed by atoms with van der Waals surface area (Å²) in [6.45, 7) is 7.07. The van der Waals surface area contributed by atoms with E-state index in [-0.39, 0.29) is 11.4 Å². The molecule has 0 aliphatic rings. The Balaban J connectivity index is 2.72. The Bertz CT molecular complexity index is 557. The molecule has 1 aromatic carbocycles. The van der Waals surface area contributed by atoms with Crippen LogP contribution in [0.3, 0.4) is 0 Å². The first-order valence-corrected chi connectivity index (χ1v) is 6.35. The van der Waals surface area contributed by atoms with E-state index in [0.717, 1.165) is 24.3 Å². The van der Waals surface area contributed by atoms with Crippen LogP contribution < -0.4 is 5.32 Å². The first-order chi connectivity index (χ1) is 8.51. The molecule has 0 amide bonds. The molecule has 0 saturated heterocycles. The minimum Gasteiger partial charge on any atom is -0.326 e. The van der Waals surface area contributed by atoms with Gasteiger partial charge in [-0.25, -0.2) is 9.37 Å². The summed E-state index contributed by atoms with van der Waals surface area (Å²) < 4.78 is 15.9. The Morgan fingerprint density at radius 1 is 1.39 bits per heavy atom. The minimum absolute atomic E-state index is 0.254. The zero-order valence-corrected chi connectivity index (χ0v) is 11.4. The number of halogens is 1. The van der Waals surface area contributed by atoms with Gasteiger partial charge in [-0.2, -0.15) is 0 Å². The van der Waals surface area contributed by atoms with Gasteiger partial charge in [0.2, 0.25) is 0 Å². The average Bonchev–Trinajstić information content (AvgIpc) is 2.71. The van der Waals surface area contributed by atoms with Gasteiger partial charge in [0.25, 0.3) is 0 Å². The highest BCUT2D eigenvalue weighted by atomic mass is 19.1. The normalized spacial score (nSPS) is 12.3. The fraction of sp³-hybridized carbons (Fsp3) is 0.500. The van der Waals surface area contributed by atoms with E-state index in [0.29, 0.717) is 5.52 Å². The largest absolute Gasteiger partial charge is 0.326 e. The monoisotopic (exact) mass is 249 g/mol. The van der Waals surface area contributed by atoms with E-state index in [9.17, 15) is 4.39 Å². The molecule has 0 aliphatic carbocycles. The lowest BCUT2D eigenvalue weighted by Gasteiger charge is -2.24. The minimum atomic E-state index is -0.277. The van der Waals surface area contributed by atoms with Crippen LogP contribution in [0.15, 0.2) is 18.2 Å². The van der Waals surface area contributed by atoms with Crippen molar-refractivity contribution in [3.63, 3.8) is 0 Å². The highest BCUT2D eigenvalue weighted by molar-refractivity contribution is 5.77. The van der Waals surface area contributed by atoms with Gasteiger partial charge in [0.05, 0.1) is 11.1 Å². The molecule has 0 atom stereocenters. The molecular weight excluding hydrogens is 229 g/mol. The van der Waals surface area contributed by atoms with Gasteiger partial charge in [0.15, 0.2) is 5.82 Å². The molecule has 2 rings (SSSR count). The van der Waals surface area contributed by atoms with E-state index in [2.05, 4.69) is 35.6 Å². The van der Waals surface area contributed by atoms with Crippen LogP contribution in [0.4, 0.5) is 4.39 Å². The predicted molar refractivity (Wildman–Crippen MR) is 72.1 cm³/mol. The standard InChI is InChI=1S/C14H20FN3/c1-5-9-18-11-8-6-7-10(15)12(11)17-13(18)14(2,3)16-4/h6-8,16H,5,9H2,1-4H3. The molecule has 0 radical (unpaired) electrons. The summed E-state index contributed by atoms with van der Waals surface area (Å²) in [5.74, 6) is 0.627. The van der Waals surface area contributed by atoms with Crippen molar-refractivity contribution in [2.45, 2.75) is 39.3 Å². The third-order valence-electron chi connectivity index (χ3n) is 3.36. The van der Waals surface area contributed by atoms with E-state index in [4.69, 9.17) is 0 Å². The van der Waals surface area contributed by atoms with Crippen molar-refractivity contribution in [1.82, 2.24) is 14.9 Å². The van der Waals surface area contributed by atoms with Crippen LogP contribution in [-0.4, -0.2) is 16.6 Å². The Labute approximate surface area is 107 Å². The summed E-state index contributed by atoms with van der Waals surface area (Å²) in [4.78, 5) is 4.50. The van der Waals surface area contributed by atoms with Gasteiger partial charge in [-0.1, -0.05) is 13.0 Å². The number of nitrogens with one attached hydrogen (secondary N) is 1. The van der Waals surface area contributed by atoms with Crippen molar-refractivity contribution in [2.24, 2.45) is 0 Å². The van der Waals surface area contributed by atoms with E-state index in [1.54, 1.807) is 6.07 Å². The summed E-state index contributed by atoms with van der Waals surface area (Å²) in [5.41, 5.74) is 1.06. The first-order valence-electron chi connectivity index (χ1n) is 6.35. The third-order valence-corrected chi connectivity index (χ3v) is 3.36. The molecule has 0 bridgehead atoms. The summed E-state index contributed by atoms with van der Waals surface area (Å²) in [5, 5.41) is 3.23. The van der Waals surface area contributed by atoms with Gasteiger partial charge >= 0.3 is 0 Å². The molecule has 2 aromatic rings. The third kappa shape index (κ3) is 2.01. The number of nitrogens with zero attached hydrogens (tertiary/aromatic N) is 2. The zero-order chi connectivity index (χ0) is 13.3. The summed E-state index contributed by atoms with van der Waals surface area (Å²) >= 11 is 0. The number of para-hydroxylation sites is 1. The topological polar surface area (TPSA) is 29.9 Å². The maximum Gasteiger partial charge on any atom is 0.151 e. The van der Waals surface area contributed by atoms with E-state index >= 15 is 0 Å². The number of aromatic nitrogens is 2. The maximum atomic E-state index is 13.8. The van der Waals surface area contributed by atoms with Gasteiger partial charge in [0.1, 0.15) is 11.3 Å². The first kappa shape index (κ1) is 13.0. The molecule has 98 valence electrons. The molecule has 1 N–H and O–H groups in total. The number of fused-ring (bicyclic) bond motifs is 1. The fourth-order valence-electron chi connectivity index (χ4n) is 2.15. The van der Waals surface area contributed by atoms with Crippen molar-refractivity contribution in [1.29, 1.82) is 0 Å². The maximum absolute atomic E-state index is 13.8. The van der Waals surface area contributed by atoms with Gasteiger partial charge in [-0.3, -0.25) is 0 Å². The second-order valence-corrected chi connectivity index (χ2v) is 5.07. The smallest absolute Gasteiger partial charge is 0.151 e. The fourth-order valence-corrected chi connectivity index (χ4v) is 2.15. The second-order valence-electron chi connectivity index (χ2n) is 5.07. The van der Waals surface area contributed by atoms with Crippen LogP contribution in [0, 0.1) is 5.82 Å². The van der Waals surface area contributed by atoms with Crippen molar-refractivity contribution < 1.29 is 4.39 Å². The lowest BCUT2D eigenvalue weighted by atomic mass is 10.1. The van der Waals surface area contributed by atoms with Crippen molar-refractivity contribution in [2.75, 3.05) is 7.05 Å². The molecule has 1 heterocycles. The van der Waals surface area contributed by atoms with Gasteiger partial charge in [-0.15, -0.1) is 0 Å². The molecular formula is C14H20FN3. The molecule has 3 nitrogen and oxygen atoms in total. The van der Waals surface area contributed by atoms with Gasteiger partial charge < -0.3 is 9.88 Å². The molecule has 0 saturated carbocycles. The SMILES string of the molecule is CCCn1c(C(C)(C)NC)nc2c(F)cccc21. The number of benzene rings is 1. The van der Waals surface area contributed by atoms with Crippen molar-refractivity contribution in [3.05, 3.63) is 29.8 Å². The Kier molecular flexibility index (Phi) is 3.39. The lowest BCUT2D eigenvalue weighted by Crippen LogP contribution is -2.36. The zero-order valence-electron chi connectivity index (χ0n) is 11.4. The highest BCUT2D eigenvalue weighted by Crippen LogP contribution is 2.26. The van der Waals surface area contributed by atoms with Crippen LogP contribution in [0.25, 0.3) is 11.0 Å². The molecule has 0 unspecified atom stereocenters. The number of aryl methyl sites for hydroxylation is 1. The molecule has 0 aliphatic heterocycles. The number of rotatable bonds is 4.